The van der Waals surface area contributed by atoms with Gasteiger partial charge in [-0.2, -0.15) is 0 Å². The molecule has 1 aliphatic rings. The summed E-state index contributed by atoms with van der Waals surface area (Å²) in [5.74, 6) is 0.781. The molecule has 106 valence electrons. The van der Waals surface area contributed by atoms with Crippen molar-refractivity contribution in [2.45, 2.75) is 0 Å². The van der Waals surface area contributed by atoms with Gasteiger partial charge in [-0.15, -0.1) is 0 Å². The van der Waals surface area contributed by atoms with Gasteiger partial charge in [-0.1, -0.05) is 28.1 Å². The fourth-order valence-corrected chi connectivity index (χ4v) is 2.82. The van der Waals surface area contributed by atoms with E-state index >= 15 is 0 Å². The molecule has 0 aromatic heterocycles. The Kier molecular flexibility index (Phi) is 3.55. The second kappa shape index (κ2) is 5.37. The summed E-state index contributed by atoms with van der Waals surface area (Å²) in [6, 6.07) is 13.5. The van der Waals surface area contributed by atoms with Crippen LogP contribution in [0.15, 0.2) is 46.9 Å². The third kappa shape index (κ3) is 2.47. The van der Waals surface area contributed by atoms with Crippen molar-refractivity contribution in [1.29, 1.82) is 0 Å². The molecule has 0 N–H and O–H groups in total. The van der Waals surface area contributed by atoms with Gasteiger partial charge < -0.3 is 9.64 Å². The number of hydrogen-bond acceptors (Lipinski definition) is 2. The van der Waals surface area contributed by atoms with Crippen molar-refractivity contribution in [3.63, 3.8) is 0 Å². The highest BCUT2D eigenvalue weighted by molar-refractivity contribution is 9.10. The normalized spacial score (nSPS) is 15.5. The lowest BCUT2D eigenvalue weighted by Crippen LogP contribution is -2.20. The first kappa shape index (κ1) is 13.9. The van der Waals surface area contributed by atoms with Gasteiger partial charge in [0.1, 0.15) is 5.75 Å². The number of halogens is 1. The van der Waals surface area contributed by atoms with Crippen LogP contribution >= 0.6 is 15.9 Å². The van der Waals surface area contributed by atoms with E-state index in [1.54, 1.807) is 19.1 Å². The molecule has 1 heterocycles. The molecule has 0 saturated heterocycles. The van der Waals surface area contributed by atoms with Crippen molar-refractivity contribution in [2.75, 3.05) is 19.1 Å². The Labute approximate surface area is 132 Å². The molecule has 4 heteroatoms. The predicted molar refractivity (Wildman–Crippen MR) is 88.4 cm³/mol. The molecule has 0 spiro atoms. The smallest absolute Gasteiger partial charge is 0.258 e. The molecule has 3 rings (SSSR count). The summed E-state index contributed by atoms with van der Waals surface area (Å²) < 4.78 is 6.18. The number of rotatable bonds is 2. The lowest BCUT2D eigenvalue weighted by Gasteiger charge is -2.08. The number of likely N-dealkylation sites (N-methyl/N-ethyl adjacent to an activating group) is 1. The molecule has 0 unspecified atom stereocenters. The predicted octanol–water partition coefficient (Wildman–Crippen LogP) is 3.97. The van der Waals surface area contributed by atoms with Crippen molar-refractivity contribution in [3.8, 4) is 5.75 Å². The van der Waals surface area contributed by atoms with Gasteiger partial charge >= 0.3 is 0 Å². The minimum Gasteiger partial charge on any atom is -0.497 e. The van der Waals surface area contributed by atoms with Crippen LogP contribution in [0.2, 0.25) is 0 Å². The molecule has 1 aliphatic heterocycles. The molecule has 3 nitrogen and oxygen atoms in total. The van der Waals surface area contributed by atoms with Crippen LogP contribution in [0.1, 0.15) is 11.1 Å². The largest absolute Gasteiger partial charge is 0.497 e. The fourth-order valence-electron chi connectivity index (χ4n) is 2.46. The number of carbonyl (C=O) groups excluding carboxylic acids is 1. The molecule has 2 aromatic rings. The molecular weight excluding hydrogens is 330 g/mol. The van der Waals surface area contributed by atoms with E-state index in [1.807, 2.05) is 48.5 Å². The molecule has 0 bridgehead atoms. The minimum atomic E-state index is 0.00548. The number of hydrogen-bond donors (Lipinski definition) is 0. The van der Waals surface area contributed by atoms with Crippen molar-refractivity contribution in [2.24, 2.45) is 0 Å². The summed E-state index contributed by atoms with van der Waals surface area (Å²) in [7, 11) is 3.43. The maximum absolute atomic E-state index is 12.4. The summed E-state index contributed by atoms with van der Waals surface area (Å²) in [4.78, 5) is 14.1. The van der Waals surface area contributed by atoms with Crippen molar-refractivity contribution in [3.05, 3.63) is 58.1 Å². The SMILES string of the molecule is COc1cccc(C=C2C(=O)N(C)c3ccc(Br)cc32)c1. The Balaban J connectivity index is 2.12. The van der Waals surface area contributed by atoms with Crippen molar-refractivity contribution in [1.82, 2.24) is 0 Å². The first-order valence-corrected chi connectivity index (χ1v) is 7.33. The van der Waals surface area contributed by atoms with E-state index in [-0.39, 0.29) is 5.91 Å². The average molecular weight is 344 g/mol. The van der Waals surface area contributed by atoms with E-state index in [1.165, 1.54) is 0 Å². The maximum Gasteiger partial charge on any atom is 0.258 e. The number of nitrogens with zero attached hydrogens (tertiary/aromatic N) is 1. The highest BCUT2D eigenvalue weighted by atomic mass is 79.9. The van der Waals surface area contributed by atoms with E-state index in [9.17, 15) is 4.79 Å². The Morgan fingerprint density at radius 2 is 2.00 bits per heavy atom. The van der Waals surface area contributed by atoms with E-state index in [0.29, 0.717) is 5.57 Å². The lowest BCUT2D eigenvalue weighted by molar-refractivity contribution is -0.112. The van der Waals surface area contributed by atoms with Gasteiger partial charge in [-0.05, 0) is 42.0 Å². The van der Waals surface area contributed by atoms with Crippen LogP contribution in [-0.2, 0) is 4.79 Å². The second-order valence-corrected chi connectivity index (χ2v) is 5.78. The number of methoxy groups -OCH3 is 1. The van der Waals surface area contributed by atoms with Crippen LogP contribution in [-0.4, -0.2) is 20.1 Å². The Morgan fingerprint density at radius 1 is 1.19 bits per heavy atom. The molecular formula is C17H14BrNO2. The molecule has 0 aliphatic carbocycles. The number of ether oxygens (including phenoxy) is 1. The third-order valence-corrected chi connectivity index (χ3v) is 4.04. The van der Waals surface area contributed by atoms with Gasteiger partial charge in [-0.25, -0.2) is 0 Å². The lowest BCUT2D eigenvalue weighted by atomic mass is 10.0. The summed E-state index contributed by atoms with van der Waals surface area (Å²) in [6.07, 6.45) is 1.90. The number of anilines is 1. The highest BCUT2D eigenvalue weighted by Gasteiger charge is 2.29. The second-order valence-electron chi connectivity index (χ2n) is 4.86. The Hall–Kier alpha value is -2.07. The zero-order chi connectivity index (χ0) is 15.0. The van der Waals surface area contributed by atoms with Gasteiger partial charge in [0, 0.05) is 22.7 Å². The Morgan fingerprint density at radius 3 is 2.76 bits per heavy atom. The summed E-state index contributed by atoms with van der Waals surface area (Å²) in [5.41, 5.74) is 3.51. The fraction of sp³-hybridized carbons (Fsp3) is 0.118. The molecule has 21 heavy (non-hydrogen) atoms. The van der Waals surface area contributed by atoms with Crippen LogP contribution in [0, 0.1) is 0 Å². The van der Waals surface area contributed by atoms with Crippen molar-refractivity contribution < 1.29 is 9.53 Å². The average Bonchev–Trinajstić information content (AvgIpc) is 2.72. The zero-order valence-corrected chi connectivity index (χ0v) is 13.3. The standard InChI is InChI=1S/C17H14BrNO2/c1-19-16-7-6-12(18)10-14(16)15(17(19)20)9-11-4-3-5-13(8-11)21-2/h3-10H,1-2H3. The molecule has 0 atom stereocenters. The van der Waals surface area contributed by atoms with Crippen LogP contribution in [0.4, 0.5) is 5.69 Å². The van der Waals surface area contributed by atoms with Gasteiger partial charge in [0.25, 0.3) is 5.91 Å². The van der Waals surface area contributed by atoms with E-state index in [2.05, 4.69) is 15.9 Å². The first-order valence-electron chi connectivity index (χ1n) is 6.54. The minimum absolute atomic E-state index is 0.00548. The van der Waals surface area contributed by atoms with Crippen LogP contribution < -0.4 is 9.64 Å². The number of amides is 1. The summed E-state index contributed by atoms with van der Waals surface area (Å²) >= 11 is 3.46. The highest BCUT2D eigenvalue weighted by Crippen LogP contribution is 2.38. The summed E-state index contributed by atoms with van der Waals surface area (Å²) in [5, 5.41) is 0. The molecule has 1 amide bonds. The van der Waals surface area contributed by atoms with Crippen LogP contribution in [0.5, 0.6) is 5.75 Å². The van der Waals surface area contributed by atoms with Crippen LogP contribution in [0.25, 0.3) is 11.6 Å². The third-order valence-electron chi connectivity index (χ3n) is 3.55. The topological polar surface area (TPSA) is 29.5 Å². The zero-order valence-electron chi connectivity index (χ0n) is 11.8. The van der Waals surface area contributed by atoms with Gasteiger partial charge in [-0.3, -0.25) is 4.79 Å². The van der Waals surface area contributed by atoms with Crippen LogP contribution in [0.3, 0.4) is 0 Å². The number of benzene rings is 2. The molecule has 0 fully saturated rings. The Bertz CT molecular complexity index is 752. The van der Waals surface area contributed by atoms with Gasteiger partial charge in [0.2, 0.25) is 0 Å². The quantitative estimate of drug-likeness (QED) is 0.772. The number of fused-ring (bicyclic) bond motifs is 1. The van der Waals surface area contributed by atoms with E-state index < -0.39 is 0 Å². The van der Waals surface area contributed by atoms with Gasteiger partial charge in [0.15, 0.2) is 0 Å². The maximum atomic E-state index is 12.4. The first-order chi connectivity index (χ1) is 10.1. The molecule has 0 radical (unpaired) electrons. The monoisotopic (exact) mass is 343 g/mol. The van der Waals surface area contributed by atoms with E-state index in [4.69, 9.17) is 4.74 Å². The van der Waals surface area contributed by atoms with E-state index in [0.717, 1.165) is 27.0 Å². The molecule has 0 saturated carbocycles. The van der Waals surface area contributed by atoms with Gasteiger partial charge in [0.05, 0.1) is 12.8 Å². The summed E-state index contributed by atoms with van der Waals surface area (Å²) in [6.45, 7) is 0. The number of carbonyl (C=O) groups is 1. The molecule has 2 aromatic carbocycles. The van der Waals surface area contributed by atoms with Crippen molar-refractivity contribution >= 4 is 39.2 Å².